The van der Waals surface area contributed by atoms with Gasteiger partial charge in [-0.2, -0.15) is 0 Å². The highest BCUT2D eigenvalue weighted by molar-refractivity contribution is 7.11. The number of hydrogen-bond donors (Lipinski definition) is 2. The van der Waals surface area contributed by atoms with Crippen LogP contribution in [0.2, 0.25) is 0 Å². The summed E-state index contributed by atoms with van der Waals surface area (Å²) < 4.78 is 0. The summed E-state index contributed by atoms with van der Waals surface area (Å²) in [4.78, 5) is 19.5. The van der Waals surface area contributed by atoms with Gasteiger partial charge in [0.2, 0.25) is 0 Å². The van der Waals surface area contributed by atoms with Gasteiger partial charge in [-0.1, -0.05) is 0 Å². The Balaban J connectivity index is 1.93. The SMILES string of the molecule is Cc1ncc(CN(C)C(=O)NC2CC(C)(C)NC(C)(C)C2)s1. The molecule has 2 N–H and O–H groups in total. The molecule has 2 amide bonds. The minimum atomic E-state index is -0.00967. The van der Waals surface area contributed by atoms with E-state index in [-0.39, 0.29) is 23.2 Å². The summed E-state index contributed by atoms with van der Waals surface area (Å²) in [6, 6.07) is 0.189. The first-order chi connectivity index (χ1) is 10.1. The lowest BCUT2D eigenvalue weighted by Gasteiger charge is -2.46. The van der Waals surface area contributed by atoms with Gasteiger partial charge in [0.25, 0.3) is 0 Å². The fourth-order valence-corrected chi connectivity index (χ4v) is 4.34. The molecule has 0 bridgehead atoms. The molecule has 1 aromatic heterocycles. The van der Waals surface area contributed by atoms with Gasteiger partial charge in [0.05, 0.1) is 11.6 Å². The van der Waals surface area contributed by atoms with Crippen LogP contribution in [0, 0.1) is 6.92 Å². The highest BCUT2D eigenvalue weighted by atomic mass is 32.1. The van der Waals surface area contributed by atoms with Crippen molar-refractivity contribution < 1.29 is 4.79 Å². The van der Waals surface area contributed by atoms with Crippen molar-refractivity contribution in [2.75, 3.05) is 7.05 Å². The van der Waals surface area contributed by atoms with E-state index in [1.807, 2.05) is 20.2 Å². The molecule has 0 aromatic carbocycles. The number of aromatic nitrogens is 1. The summed E-state index contributed by atoms with van der Waals surface area (Å²) in [5.74, 6) is 0. The molecule has 22 heavy (non-hydrogen) atoms. The average molecular weight is 324 g/mol. The largest absolute Gasteiger partial charge is 0.335 e. The summed E-state index contributed by atoms with van der Waals surface area (Å²) in [6.07, 6.45) is 3.73. The van der Waals surface area contributed by atoms with Crippen molar-refractivity contribution in [3.8, 4) is 0 Å². The second kappa shape index (κ2) is 6.16. The van der Waals surface area contributed by atoms with Gasteiger partial charge in [-0.25, -0.2) is 9.78 Å². The van der Waals surface area contributed by atoms with E-state index >= 15 is 0 Å². The molecular weight excluding hydrogens is 296 g/mol. The maximum atomic E-state index is 12.4. The van der Waals surface area contributed by atoms with Gasteiger partial charge in [-0.3, -0.25) is 0 Å². The molecule has 6 heteroatoms. The summed E-state index contributed by atoms with van der Waals surface area (Å²) in [7, 11) is 1.84. The minimum Gasteiger partial charge on any atom is -0.335 e. The molecule has 1 aliphatic rings. The standard InChI is InChI=1S/C16H28N4OS/c1-11-17-9-13(22-11)10-20(6)14(21)18-12-7-15(2,3)19-16(4,5)8-12/h9,12,19H,7-8,10H2,1-6H3,(H,18,21). The number of carbonyl (C=O) groups excluding carboxylic acids is 1. The first-order valence-electron chi connectivity index (χ1n) is 7.79. The normalized spacial score (nSPS) is 20.6. The van der Waals surface area contributed by atoms with Gasteiger partial charge < -0.3 is 15.5 Å². The Hall–Kier alpha value is -1.14. The van der Waals surface area contributed by atoms with E-state index in [0.29, 0.717) is 6.54 Å². The number of carbonyl (C=O) groups is 1. The molecule has 0 aliphatic carbocycles. The highest BCUT2D eigenvalue weighted by Crippen LogP contribution is 2.28. The van der Waals surface area contributed by atoms with Crippen molar-refractivity contribution in [3.05, 3.63) is 16.1 Å². The summed E-state index contributed by atoms with van der Waals surface area (Å²) in [5.41, 5.74) is 0.0695. The third kappa shape index (κ3) is 4.68. The van der Waals surface area contributed by atoms with E-state index in [1.165, 1.54) is 0 Å². The second-order valence-electron chi connectivity index (χ2n) is 7.65. The monoisotopic (exact) mass is 324 g/mol. The first kappa shape index (κ1) is 17.2. The molecule has 0 atom stereocenters. The van der Waals surface area contributed by atoms with Crippen LogP contribution >= 0.6 is 11.3 Å². The summed E-state index contributed by atoms with van der Waals surface area (Å²) in [6.45, 7) is 11.4. The van der Waals surface area contributed by atoms with E-state index in [2.05, 4.69) is 43.3 Å². The fourth-order valence-electron chi connectivity index (χ4n) is 3.49. The average Bonchev–Trinajstić information content (AvgIpc) is 2.70. The first-order valence-corrected chi connectivity index (χ1v) is 8.60. The molecule has 0 saturated carbocycles. The summed E-state index contributed by atoms with van der Waals surface area (Å²) in [5, 5.41) is 7.86. The van der Waals surface area contributed by atoms with Gasteiger partial charge in [-0.15, -0.1) is 11.3 Å². The Morgan fingerprint density at radius 1 is 1.41 bits per heavy atom. The Labute approximate surface area is 137 Å². The summed E-state index contributed by atoms with van der Waals surface area (Å²) >= 11 is 1.64. The Morgan fingerprint density at radius 3 is 2.50 bits per heavy atom. The maximum Gasteiger partial charge on any atom is 0.317 e. The van der Waals surface area contributed by atoms with Gasteiger partial charge in [0, 0.05) is 35.2 Å². The van der Waals surface area contributed by atoms with Gasteiger partial charge >= 0.3 is 6.03 Å². The van der Waals surface area contributed by atoms with Crippen molar-refractivity contribution in [1.29, 1.82) is 0 Å². The predicted octanol–water partition coefficient (Wildman–Crippen LogP) is 2.90. The van der Waals surface area contributed by atoms with E-state index in [9.17, 15) is 4.79 Å². The lowest BCUT2D eigenvalue weighted by atomic mass is 9.80. The van der Waals surface area contributed by atoms with Crippen LogP contribution in [0.3, 0.4) is 0 Å². The van der Waals surface area contributed by atoms with E-state index in [0.717, 1.165) is 22.7 Å². The van der Waals surface area contributed by atoms with Crippen molar-refractivity contribution in [2.45, 2.75) is 71.1 Å². The van der Waals surface area contributed by atoms with Crippen LogP contribution in [-0.2, 0) is 6.54 Å². The van der Waals surface area contributed by atoms with Crippen molar-refractivity contribution in [3.63, 3.8) is 0 Å². The zero-order valence-corrected chi connectivity index (χ0v) is 15.3. The highest BCUT2D eigenvalue weighted by Gasteiger charge is 2.38. The quantitative estimate of drug-likeness (QED) is 0.899. The number of aryl methyl sites for hydroxylation is 1. The molecule has 124 valence electrons. The third-order valence-corrected chi connectivity index (χ3v) is 4.82. The fraction of sp³-hybridized carbons (Fsp3) is 0.750. The van der Waals surface area contributed by atoms with Crippen LogP contribution < -0.4 is 10.6 Å². The Bertz CT molecular complexity index is 522. The molecule has 0 radical (unpaired) electrons. The molecule has 1 saturated heterocycles. The molecule has 1 aromatic rings. The Kier molecular flexibility index (Phi) is 4.82. The van der Waals surface area contributed by atoms with E-state index < -0.39 is 0 Å². The van der Waals surface area contributed by atoms with Crippen LogP contribution in [0.25, 0.3) is 0 Å². The molecule has 5 nitrogen and oxygen atoms in total. The van der Waals surface area contributed by atoms with Crippen molar-refractivity contribution in [2.24, 2.45) is 0 Å². The molecule has 1 aliphatic heterocycles. The molecule has 2 heterocycles. The van der Waals surface area contributed by atoms with Gasteiger partial charge in [0.15, 0.2) is 0 Å². The van der Waals surface area contributed by atoms with Crippen LogP contribution in [0.15, 0.2) is 6.20 Å². The molecule has 0 spiro atoms. The smallest absolute Gasteiger partial charge is 0.317 e. The Morgan fingerprint density at radius 2 is 2.00 bits per heavy atom. The maximum absolute atomic E-state index is 12.4. The molecule has 0 unspecified atom stereocenters. The number of rotatable bonds is 3. The van der Waals surface area contributed by atoms with Crippen LogP contribution in [0.4, 0.5) is 4.79 Å². The van der Waals surface area contributed by atoms with Crippen molar-refractivity contribution >= 4 is 17.4 Å². The number of thiazole rings is 1. The van der Waals surface area contributed by atoms with E-state index in [1.54, 1.807) is 16.2 Å². The van der Waals surface area contributed by atoms with Gasteiger partial charge in [0.1, 0.15) is 0 Å². The number of nitrogens with one attached hydrogen (secondary N) is 2. The van der Waals surface area contributed by atoms with Gasteiger partial charge in [-0.05, 0) is 47.5 Å². The number of piperidine rings is 1. The lowest BCUT2D eigenvalue weighted by Crippen LogP contribution is -2.62. The molecule has 1 fully saturated rings. The second-order valence-corrected chi connectivity index (χ2v) is 8.97. The van der Waals surface area contributed by atoms with Crippen LogP contribution in [0.1, 0.15) is 50.4 Å². The number of nitrogens with zero attached hydrogens (tertiary/aromatic N) is 2. The number of amides is 2. The molecular formula is C16H28N4OS. The van der Waals surface area contributed by atoms with Crippen molar-refractivity contribution in [1.82, 2.24) is 20.5 Å². The third-order valence-electron chi connectivity index (χ3n) is 3.93. The lowest BCUT2D eigenvalue weighted by molar-refractivity contribution is 0.140. The zero-order chi connectivity index (χ0) is 16.5. The number of hydrogen-bond acceptors (Lipinski definition) is 4. The minimum absolute atomic E-state index is 0.00967. The van der Waals surface area contributed by atoms with Crippen LogP contribution in [0.5, 0.6) is 0 Å². The predicted molar refractivity (Wildman–Crippen MR) is 91.2 cm³/mol. The van der Waals surface area contributed by atoms with Crippen LogP contribution in [-0.4, -0.2) is 40.1 Å². The number of urea groups is 1. The van der Waals surface area contributed by atoms with E-state index in [4.69, 9.17) is 0 Å². The zero-order valence-electron chi connectivity index (χ0n) is 14.5. The topological polar surface area (TPSA) is 57.3 Å². The molecule has 2 rings (SSSR count).